The average Bonchev–Trinajstić information content (AvgIpc) is 3.03. The number of carbonyl (C=O) groups is 2. The summed E-state index contributed by atoms with van der Waals surface area (Å²) < 4.78 is 38.6. The van der Waals surface area contributed by atoms with Crippen molar-refractivity contribution in [3.8, 4) is 11.5 Å². The van der Waals surface area contributed by atoms with Gasteiger partial charge >= 0.3 is 0 Å². The van der Waals surface area contributed by atoms with Crippen LogP contribution in [0.15, 0.2) is 41.3 Å². The predicted molar refractivity (Wildman–Crippen MR) is 128 cm³/mol. The summed E-state index contributed by atoms with van der Waals surface area (Å²) in [6.45, 7) is 0.464. The van der Waals surface area contributed by atoms with Crippen molar-refractivity contribution in [1.82, 2.24) is 4.31 Å². The highest BCUT2D eigenvalue weighted by atomic mass is 32.2. The number of hydrogen-bond acceptors (Lipinski definition) is 6. The molecule has 2 aliphatic rings. The van der Waals surface area contributed by atoms with E-state index in [4.69, 9.17) is 9.47 Å². The summed E-state index contributed by atoms with van der Waals surface area (Å²) >= 11 is 0. The fourth-order valence-electron chi connectivity index (χ4n) is 4.39. The molecule has 1 saturated heterocycles. The first-order valence-corrected chi connectivity index (χ1v) is 12.7. The molecule has 0 aromatic heterocycles. The van der Waals surface area contributed by atoms with Crippen LogP contribution < -0.4 is 20.1 Å². The number of fused-ring (bicyclic) bond motifs is 1. The molecule has 2 aromatic carbocycles. The molecular formula is C24H29N3O6S. The van der Waals surface area contributed by atoms with E-state index in [9.17, 15) is 18.0 Å². The minimum absolute atomic E-state index is 0.0614. The standard InChI is InChI=1S/C24H29N3O6S/c1-32-21-11-8-18(14-22(21)33-2)25-24(29)17-6-4-12-27(15-17)34(30,31)19-9-10-20-16(13-19)5-3-7-23(28)26-20/h8-11,13-14,17H,3-7,12,15H2,1-2H3,(H,25,29)(H,26,28)/t17-/m1/s1. The van der Waals surface area contributed by atoms with Gasteiger partial charge in [-0.1, -0.05) is 0 Å². The van der Waals surface area contributed by atoms with Gasteiger partial charge < -0.3 is 20.1 Å². The van der Waals surface area contributed by atoms with Gasteiger partial charge in [-0.05, 0) is 61.6 Å². The van der Waals surface area contributed by atoms with Crippen LogP contribution in [0.5, 0.6) is 11.5 Å². The fourth-order valence-corrected chi connectivity index (χ4v) is 5.97. The number of nitrogens with one attached hydrogen (secondary N) is 2. The second-order valence-electron chi connectivity index (χ2n) is 8.48. The fraction of sp³-hybridized carbons (Fsp3) is 0.417. The van der Waals surface area contributed by atoms with E-state index in [0.29, 0.717) is 61.5 Å². The Morgan fingerprint density at radius 2 is 1.85 bits per heavy atom. The van der Waals surface area contributed by atoms with E-state index in [1.54, 1.807) is 30.3 Å². The first-order chi connectivity index (χ1) is 16.3. The van der Waals surface area contributed by atoms with E-state index in [2.05, 4.69) is 10.6 Å². The van der Waals surface area contributed by atoms with Crippen molar-refractivity contribution in [3.63, 3.8) is 0 Å². The molecule has 2 aromatic rings. The first kappa shape index (κ1) is 24.0. The van der Waals surface area contributed by atoms with E-state index in [0.717, 1.165) is 5.56 Å². The number of methoxy groups -OCH3 is 2. The van der Waals surface area contributed by atoms with Crippen molar-refractivity contribution in [2.75, 3.05) is 37.9 Å². The minimum atomic E-state index is -3.78. The van der Waals surface area contributed by atoms with Crippen molar-refractivity contribution in [3.05, 3.63) is 42.0 Å². The quantitative estimate of drug-likeness (QED) is 0.648. The normalized spacial score (nSPS) is 18.9. The average molecular weight is 488 g/mol. The summed E-state index contributed by atoms with van der Waals surface area (Å²) in [5, 5.41) is 5.69. The molecule has 0 bridgehead atoms. The highest BCUT2D eigenvalue weighted by Gasteiger charge is 2.34. The number of carbonyl (C=O) groups excluding carboxylic acids is 2. The van der Waals surface area contributed by atoms with Gasteiger partial charge in [-0.2, -0.15) is 4.31 Å². The zero-order valence-electron chi connectivity index (χ0n) is 19.3. The Balaban J connectivity index is 1.48. The summed E-state index contributed by atoms with van der Waals surface area (Å²) in [5.41, 5.74) is 2.02. The number of anilines is 2. The van der Waals surface area contributed by atoms with Crippen LogP contribution in [0.2, 0.25) is 0 Å². The Hall–Kier alpha value is -3.11. The molecular weight excluding hydrogens is 458 g/mol. The molecule has 2 heterocycles. The maximum absolute atomic E-state index is 13.4. The highest BCUT2D eigenvalue weighted by Crippen LogP contribution is 2.32. The maximum Gasteiger partial charge on any atom is 0.243 e. The number of benzene rings is 2. The molecule has 1 fully saturated rings. The molecule has 182 valence electrons. The number of piperidine rings is 1. The molecule has 34 heavy (non-hydrogen) atoms. The number of sulfonamides is 1. The zero-order valence-corrected chi connectivity index (χ0v) is 20.1. The third-order valence-electron chi connectivity index (χ3n) is 6.24. The van der Waals surface area contributed by atoms with Gasteiger partial charge in [-0.25, -0.2) is 8.42 Å². The Labute approximate surface area is 199 Å². The van der Waals surface area contributed by atoms with Gasteiger partial charge in [-0.15, -0.1) is 0 Å². The largest absolute Gasteiger partial charge is 0.493 e. The molecule has 0 saturated carbocycles. The number of rotatable bonds is 6. The third-order valence-corrected chi connectivity index (χ3v) is 8.11. The lowest BCUT2D eigenvalue weighted by Gasteiger charge is -2.31. The van der Waals surface area contributed by atoms with Gasteiger partial charge in [0.25, 0.3) is 0 Å². The predicted octanol–water partition coefficient (Wildman–Crippen LogP) is 3.02. The van der Waals surface area contributed by atoms with E-state index in [1.807, 2.05) is 0 Å². The van der Waals surface area contributed by atoms with E-state index in [-0.39, 0.29) is 23.3 Å². The van der Waals surface area contributed by atoms with Gasteiger partial charge in [0.05, 0.1) is 25.0 Å². The molecule has 4 rings (SSSR count). The Bertz CT molecular complexity index is 1200. The summed E-state index contributed by atoms with van der Waals surface area (Å²) in [7, 11) is -0.723. The SMILES string of the molecule is COc1ccc(NC(=O)[C@@H]2CCCN(S(=O)(=O)c3ccc4c(c3)CCCC(=O)N4)C2)cc1OC. The van der Waals surface area contributed by atoms with Crippen LogP contribution in [-0.2, 0) is 26.0 Å². The Kier molecular flexibility index (Phi) is 7.08. The monoisotopic (exact) mass is 487 g/mol. The number of hydrogen-bond donors (Lipinski definition) is 2. The van der Waals surface area contributed by atoms with Crippen LogP contribution in [0.3, 0.4) is 0 Å². The molecule has 0 unspecified atom stereocenters. The number of amides is 2. The lowest BCUT2D eigenvalue weighted by atomic mass is 9.98. The minimum Gasteiger partial charge on any atom is -0.493 e. The Morgan fingerprint density at radius 1 is 1.06 bits per heavy atom. The summed E-state index contributed by atoms with van der Waals surface area (Å²) in [6.07, 6.45) is 2.91. The lowest BCUT2D eigenvalue weighted by Crippen LogP contribution is -2.43. The van der Waals surface area contributed by atoms with Crippen LogP contribution in [0.4, 0.5) is 11.4 Å². The van der Waals surface area contributed by atoms with Gasteiger partial charge in [0.15, 0.2) is 11.5 Å². The summed E-state index contributed by atoms with van der Waals surface area (Å²) in [5.74, 6) is 0.269. The molecule has 0 spiro atoms. The maximum atomic E-state index is 13.4. The molecule has 2 aliphatic heterocycles. The summed E-state index contributed by atoms with van der Waals surface area (Å²) in [4.78, 5) is 24.9. The van der Waals surface area contributed by atoms with Gasteiger partial charge in [0.2, 0.25) is 21.8 Å². The van der Waals surface area contributed by atoms with Crippen molar-refractivity contribution < 1.29 is 27.5 Å². The third kappa shape index (κ3) is 5.02. The zero-order chi connectivity index (χ0) is 24.3. The van der Waals surface area contributed by atoms with Crippen molar-refractivity contribution in [2.45, 2.75) is 37.0 Å². The molecule has 0 aliphatic carbocycles. The smallest absolute Gasteiger partial charge is 0.243 e. The van der Waals surface area contributed by atoms with Gasteiger partial charge in [0, 0.05) is 37.0 Å². The molecule has 0 radical (unpaired) electrons. The Morgan fingerprint density at radius 3 is 2.62 bits per heavy atom. The van der Waals surface area contributed by atoms with Crippen molar-refractivity contribution >= 4 is 33.2 Å². The topological polar surface area (TPSA) is 114 Å². The number of nitrogens with zero attached hydrogens (tertiary/aromatic N) is 1. The molecule has 2 amide bonds. The second-order valence-corrected chi connectivity index (χ2v) is 10.4. The van der Waals surface area contributed by atoms with Crippen LogP contribution in [-0.4, -0.2) is 51.8 Å². The lowest BCUT2D eigenvalue weighted by molar-refractivity contribution is -0.121. The molecule has 10 heteroatoms. The second kappa shape index (κ2) is 10.0. The number of ether oxygens (including phenoxy) is 2. The summed E-state index contributed by atoms with van der Waals surface area (Å²) in [6, 6.07) is 9.90. The highest BCUT2D eigenvalue weighted by molar-refractivity contribution is 7.89. The van der Waals surface area contributed by atoms with Crippen molar-refractivity contribution in [1.29, 1.82) is 0 Å². The van der Waals surface area contributed by atoms with Gasteiger partial charge in [0.1, 0.15) is 0 Å². The molecule has 9 nitrogen and oxygen atoms in total. The van der Waals surface area contributed by atoms with Gasteiger partial charge in [-0.3, -0.25) is 9.59 Å². The van der Waals surface area contributed by atoms with E-state index in [1.165, 1.54) is 24.6 Å². The van der Waals surface area contributed by atoms with Crippen LogP contribution in [0.25, 0.3) is 0 Å². The molecule has 1 atom stereocenters. The van der Waals surface area contributed by atoms with Crippen LogP contribution in [0, 0.1) is 5.92 Å². The van der Waals surface area contributed by atoms with E-state index >= 15 is 0 Å². The number of aryl methyl sites for hydroxylation is 1. The molecule has 2 N–H and O–H groups in total. The van der Waals surface area contributed by atoms with Crippen LogP contribution >= 0.6 is 0 Å². The first-order valence-electron chi connectivity index (χ1n) is 11.3. The van der Waals surface area contributed by atoms with E-state index < -0.39 is 15.9 Å². The van der Waals surface area contributed by atoms with Crippen LogP contribution in [0.1, 0.15) is 31.2 Å². The van der Waals surface area contributed by atoms with Crippen molar-refractivity contribution in [2.24, 2.45) is 5.92 Å².